The third-order valence-corrected chi connectivity index (χ3v) is 7.32. The molecule has 2 saturated heterocycles. The Hall–Kier alpha value is -2.74. The summed E-state index contributed by atoms with van der Waals surface area (Å²) in [6.45, 7) is 5.04. The molecular weight excluding hydrogens is 402 g/mol. The van der Waals surface area contributed by atoms with E-state index in [-0.39, 0.29) is 23.6 Å². The van der Waals surface area contributed by atoms with Crippen LogP contribution in [0.5, 0.6) is 5.75 Å². The minimum atomic E-state index is -2.94. The number of para-hydroxylation sites is 1. The normalized spacial score (nSPS) is 21.4. The fourth-order valence-corrected chi connectivity index (χ4v) is 5.18. The highest BCUT2D eigenvalue weighted by Gasteiger charge is 2.29. The number of rotatable bonds is 3. The highest BCUT2D eigenvalue weighted by Crippen LogP contribution is 2.24. The molecule has 7 nitrogen and oxygen atoms in total. The van der Waals surface area contributed by atoms with E-state index in [0.717, 1.165) is 24.5 Å². The van der Waals surface area contributed by atoms with Crippen molar-refractivity contribution in [2.75, 3.05) is 54.0 Å². The first-order valence-corrected chi connectivity index (χ1v) is 12.1. The van der Waals surface area contributed by atoms with Crippen LogP contribution in [0.2, 0.25) is 0 Å². The van der Waals surface area contributed by atoms with Gasteiger partial charge in [-0.2, -0.15) is 0 Å². The number of sulfone groups is 1. The molecule has 0 bridgehead atoms. The van der Waals surface area contributed by atoms with Gasteiger partial charge in [-0.05, 0) is 31.2 Å². The quantitative estimate of drug-likeness (QED) is 0.747. The Balaban J connectivity index is 1.37. The average Bonchev–Trinajstić information content (AvgIpc) is 2.74. The number of anilines is 2. The summed E-state index contributed by atoms with van der Waals surface area (Å²) in [6.07, 6.45) is -0.353. The number of ether oxygens (including phenoxy) is 1. The second kappa shape index (κ2) is 8.55. The summed E-state index contributed by atoms with van der Waals surface area (Å²) in [4.78, 5) is 18.8. The van der Waals surface area contributed by atoms with E-state index < -0.39 is 9.84 Å². The van der Waals surface area contributed by atoms with Crippen LogP contribution in [0.15, 0.2) is 54.6 Å². The summed E-state index contributed by atoms with van der Waals surface area (Å²) in [5.74, 6) is 0.782. The van der Waals surface area contributed by atoms with Gasteiger partial charge < -0.3 is 19.4 Å². The summed E-state index contributed by atoms with van der Waals surface area (Å²) in [5.41, 5.74) is 2.03. The second-order valence-electron chi connectivity index (χ2n) is 7.83. The zero-order valence-corrected chi connectivity index (χ0v) is 17.9. The lowest BCUT2D eigenvalue weighted by molar-refractivity contribution is 0.129. The third kappa shape index (κ3) is 4.70. The first kappa shape index (κ1) is 20.5. The molecule has 8 heteroatoms. The molecule has 30 heavy (non-hydrogen) atoms. The van der Waals surface area contributed by atoms with Gasteiger partial charge in [0.1, 0.15) is 5.75 Å². The van der Waals surface area contributed by atoms with E-state index in [1.165, 1.54) is 0 Å². The Bertz CT molecular complexity index is 982. The van der Waals surface area contributed by atoms with E-state index in [4.69, 9.17) is 4.74 Å². The molecule has 0 saturated carbocycles. The van der Waals surface area contributed by atoms with Gasteiger partial charge in [0.05, 0.1) is 11.5 Å². The van der Waals surface area contributed by atoms with E-state index in [9.17, 15) is 13.2 Å². The topological polar surface area (TPSA) is 70.2 Å². The van der Waals surface area contributed by atoms with Crippen molar-refractivity contribution in [3.8, 4) is 5.75 Å². The minimum Gasteiger partial charge on any atom is -0.410 e. The van der Waals surface area contributed by atoms with Gasteiger partial charge in [-0.15, -0.1) is 0 Å². The van der Waals surface area contributed by atoms with Gasteiger partial charge >= 0.3 is 6.09 Å². The van der Waals surface area contributed by atoms with Gasteiger partial charge in [-0.25, -0.2) is 13.2 Å². The van der Waals surface area contributed by atoms with Crippen LogP contribution in [-0.2, 0) is 9.84 Å². The standard InChI is InChI=1S/C22H27N3O4S/c1-18-17-24(19-6-3-2-4-7-19)10-11-25(18)22(26)29-21-9-5-8-20(16-21)23-12-14-30(27,28)15-13-23/h2-9,16,18H,10-15,17H2,1H3/t18-/m1/s1. The van der Waals surface area contributed by atoms with Crippen molar-refractivity contribution in [2.24, 2.45) is 0 Å². The summed E-state index contributed by atoms with van der Waals surface area (Å²) in [7, 11) is -2.94. The molecule has 1 atom stereocenters. The van der Waals surface area contributed by atoms with E-state index in [1.54, 1.807) is 17.0 Å². The van der Waals surface area contributed by atoms with Crippen LogP contribution >= 0.6 is 0 Å². The van der Waals surface area contributed by atoms with Crippen LogP contribution in [0, 0.1) is 0 Å². The number of hydrogen-bond acceptors (Lipinski definition) is 6. The summed E-state index contributed by atoms with van der Waals surface area (Å²) in [5, 5.41) is 0. The van der Waals surface area contributed by atoms with Crippen LogP contribution < -0.4 is 14.5 Å². The predicted molar refractivity (Wildman–Crippen MR) is 118 cm³/mol. The molecule has 160 valence electrons. The Morgan fingerprint density at radius 2 is 1.60 bits per heavy atom. The maximum absolute atomic E-state index is 12.8. The molecule has 0 radical (unpaired) electrons. The van der Waals surface area contributed by atoms with E-state index in [0.29, 0.717) is 25.4 Å². The second-order valence-corrected chi connectivity index (χ2v) is 10.1. The Morgan fingerprint density at radius 1 is 0.900 bits per heavy atom. The molecule has 0 unspecified atom stereocenters. The summed E-state index contributed by atoms with van der Waals surface area (Å²) in [6, 6.07) is 17.5. The van der Waals surface area contributed by atoms with Crippen molar-refractivity contribution in [2.45, 2.75) is 13.0 Å². The maximum Gasteiger partial charge on any atom is 0.415 e. The monoisotopic (exact) mass is 429 g/mol. The van der Waals surface area contributed by atoms with Gasteiger partial charge in [-0.3, -0.25) is 0 Å². The molecule has 2 fully saturated rings. The van der Waals surface area contributed by atoms with E-state index >= 15 is 0 Å². The average molecular weight is 430 g/mol. The van der Waals surface area contributed by atoms with Crippen molar-refractivity contribution in [3.05, 3.63) is 54.6 Å². The van der Waals surface area contributed by atoms with Crippen molar-refractivity contribution in [1.29, 1.82) is 0 Å². The molecule has 0 aliphatic carbocycles. The number of carbonyl (C=O) groups is 1. The lowest BCUT2D eigenvalue weighted by Gasteiger charge is -2.40. The van der Waals surface area contributed by atoms with Gasteiger partial charge in [0, 0.05) is 56.2 Å². The minimum absolute atomic E-state index is 0.0296. The molecule has 4 rings (SSSR count). The van der Waals surface area contributed by atoms with Crippen molar-refractivity contribution in [3.63, 3.8) is 0 Å². The third-order valence-electron chi connectivity index (χ3n) is 5.72. The molecule has 2 aliphatic rings. The Labute approximate surface area is 177 Å². The largest absolute Gasteiger partial charge is 0.415 e. The van der Waals surface area contributed by atoms with Crippen molar-refractivity contribution >= 4 is 27.3 Å². The number of piperazine rings is 1. The molecule has 0 aromatic heterocycles. The summed E-state index contributed by atoms with van der Waals surface area (Å²) >= 11 is 0. The van der Waals surface area contributed by atoms with Crippen LogP contribution in [0.1, 0.15) is 6.92 Å². The lowest BCUT2D eigenvalue weighted by Crippen LogP contribution is -2.54. The summed E-state index contributed by atoms with van der Waals surface area (Å²) < 4.78 is 29.0. The van der Waals surface area contributed by atoms with Crippen LogP contribution in [0.4, 0.5) is 16.2 Å². The lowest BCUT2D eigenvalue weighted by atomic mass is 10.1. The van der Waals surface area contributed by atoms with Crippen LogP contribution in [-0.4, -0.2) is 69.7 Å². The van der Waals surface area contributed by atoms with Crippen molar-refractivity contribution in [1.82, 2.24) is 4.90 Å². The smallest absolute Gasteiger partial charge is 0.410 e. The van der Waals surface area contributed by atoms with Crippen LogP contribution in [0.3, 0.4) is 0 Å². The molecule has 2 aromatic carbocycles. The zero-order valence-electron chi connectivity index (χ0n) is 17.1. The number of carbonyl (C=O) groups excluding carboxylic acids is 1. The molecule has 2 aliphatic heterocycles. The molecule has 1 amide bonds. The van der Waals surface area contributed by atoms with E-state index in [2.05, 4.69) is 17.0 Å². The highest BCUT2D eigenvalue weighted by molar-refractivity contribution is 7.91. The Kier molecular flexibility index (Phi) is 5.85. The molecule has 0 N–H and O–H groups in total. The predicted octanol–water partition coefficient (Wildman–Crippen LogP) is 2.63. The molecule has 2 aromatic rings. The van der Waals surface area contributed by atoms with Gasteiger partial charge in [-0.1, -0.05) is 24.3 Å². The zero-order chi connectivity index (χ0) is 21.1. The van der Waals surface area contributed by atoms with Gasteiger partial charge in [0.15, 0.2) is 9.84 Å². The van der Waals surface area contributed by atoms with Gasteiger partial charge in [0.25, 0.3) is 0 Å². The fraction of sp³-hybridized carbons (Fsp3) is 0.409. The SMILES string of the molecule is C[C@@H]1CN(c2ccccc2)CCN1C(=O)Oc1cccc(N2CCS(=O)(=O)CC2)c1. The fourth-order valence-electron chi connectivity index (χ4n) is 3.98. The number of hydrogen-bond donors (Lipinski definition) is 0. The first-order chi connectivity index (χ1) is 14.4. The highest BCUT2D eigenvalue weighted by atomic mass is 32.2. The first-order valence-electron chi connectivity index (χ1n) is 10.3. The van der Waals surface area contributed by atoms with Crippen LogP contribution in [0.25, 0.3) is 0 Å². The maximum atomic E-state index is 12.8. The van der Waals surface area contributed by atoms with Gasteiger partial charge in [0.2, 0.25) is 0 Å². The molecule has 2 heterocycles. The number of amides is 1. The van der Waals surface area contributed by atoms with E-state index in [1.807, 2.05) is 42.2 Å². The molecular formula is C22H27N3O4S. The number of benzene rings is 2. The van der Waals surface area contributed by atoms with Crippen molar-refractivity contribution < 1.29 is 17.9 Å². The Morgan fingerprint density at radius 3 is 2.30 bits per heavy atom. The molecule has 0 spiro atoms. The number of nitrogens with zero attached hydrogens (tertiary/aromatic N) is 3.